The lowest BCUT2D eigenvalue weighted by Gasteiger charge is -2.18. The molecule has 2 rings (SSSR count). The monoisotopic (exact) mass is 267 g/mol. The molecule has 1 aliphatic rings. The molecule has 0 N–H and O–H groups in total. The molecule has 0 aromatic carbocycles. The van der Waals surface area contributed by atoms with E-state index in [-0.39, 0.29) is 18.4 Å². The molecular formula is C13H17NO3S. The zero-order valence-electron chi connectivity index (χ0n) is 10.7. The van der Waals surface area contributed by atoms with Gasteiger partial charge in [-0.05, 0) is 37.8 Å². The van der Waals surface area contributed by atoms with Gasteiger partial charge in [0.05, 0.1) is 12.0 Å². The highest BCUT2D eigenvalue weighted by Crippen LogP contribution is 2.31. The number of likely N-dealkylation sites (N-methyl/N-ethyl adjacent to an activating group) is 1. The van der Waals surface area contributed by atoms with E-state index in [0.29, 0.717) is 6.54 Å². The van der Waals surface area contributed by atoms with Crippen molar-refractivity contribution < 1.29 is 14.3 Å². The van der Waals surface area contributed by atoms with Crippen molar-refractivity contribution in [3.63, 3.8) is 0 Å². The Bertz CT molecular complexity index is 445. The third-order valence-corrected chi connectivity index (χ3v) is 4.40. The number of ether oxygens (including phenoxy) is 1. The summed E-state index contributed by atoms with van der Waals surface area (Å²) in [5.74, 6) is -0.448. The molecular weight excluding hydrogens is 250 g/mol. The molecule has 18 heavy (non-hydrogen) atoms. The number of thiophene rings is 1. The van der Waals surface area contributed by atoms with Gasteiger partial charge in [0.25, 0.3) is 5.91 Å². The van der Waals surface area contributed by atoms with E-state index in [1.807, 2.05) is 13.0 Å². The first-order valence-corrected chi connectivity index (χ1v) is 6.95. The van der Waals surface area contributed by atoms with Crippen molar-refractivity contribution in [1.82, 2.24) is 4.90 Å². The number of carbonyl (C=O) groups is 2. The van der Waals surface area contributed by atoms with E-state index in [1.165, 1.54) is 28.9 Å². The average molecular weight is 267 g/mol. The highest BCUT2D eigenvalue weighted by Gasteiger charge is 2.23. The third kappa shape index (κ3) is 2.56. The Kier molecular flexibility index (Phi) is 4.01. The van der Waals surface area contributed by atoms with Crippen LogP contribution in [0, 0.1) is 0 Å². The van der Waals surface area contributed by atoms with Gasteiger partial charge in [-0.2, -0.15) is 0 Å². The van der Waals surface area contributed by atoms with Crippen LogP contribution >= 0.6 is 11.3 Å². The maximum absolute atomic E-state index is 12.3. The zero-order chi connectivity index (χ0) is 13.1. The minimum Gasteiger partial charge on any atom is -0.468 e. The largest absolute Gasteiger partial charge is 0.468 e. The SMILES string of the molecule is CCN(CC(=O)OC)C(=O)c1cc2c(s1)CCC2. The van der Waals surface area contributed by atoms with Gasteiger partial charge in [-0.1, -0.05) is 0 Å². The molecule has 0 fully saturated rings. The summed E-state index contributed by atoms with van der Waals surface area (Å²) >= 11 is 1.57. The van der Waals surface area contributed by atoms with Gasteiger partial charge in [0, 0.05) is 11.4 Å². The average Bonchev–Trinajstić information content (AvgIpc) is 2.95. The molecule has 5 heteroatoms. The second-order valence-electron chi connectivity index (χ2n) is 4.31. The van der Waals surface area contributed by atoms with Gasteiger partial charge < -0.3 is 9.64 Å². The molecule has 0 atom stereocenters. The quantitative estimate of drug-likeness (QED) is 0.782. The van der Waals surface area contributed by atoms with E-state index in [2.05, 4.69) is 4.74 Å². The van der Waals surface area contributed by atoms with Crippen molar-refractivity contribution >= 4 is 23.2 Å². The number of amides is 1. The molecule has 98 valence electrons. The van der Waals surface area contributed by atoms with Crippen LogP contribution in [0.25, 0.3) is 0 Å². The standard InChI is InChI=1S/C13H17NO3S/c1-3-14(8-12(15)17-2)13(16)11-7-9-5-4-6-10(9)18-11/h7H,3-6,8H2,1-2H3. The summed E-state index contributed by atoms with van der Waals surface area (Å²) in [6, 6.07) is 1.98. The van der Waals surface area contributed by atoms with Crippen LogP contribution in [0.4, 0.5) is 0 Å². The molecule has 4 nitrogen and oxygen atoms in total. The minimum absolute atomic E-state index is 0.0222. The molecule has 1 aromatic rings. The Hall–Kier alpha value is -1.36. The number of hydrogen-bond donors (Lipinski definition) is 0. The summed E-state index contributed by atoms with van der Waals surface area (Å²) in [4.78, 5) is 27.1. The van der Waals surface area contributed by atoms with Crippen molar-refractivity contribution in [2.45, 2.75) is 26.2 Å². The number of nitrogens with zero attached hydrogens (tertiary/aromatic N) is 1. The topological polar surface area (TPSA) is 46.6 Å². The minimum atomic E-state index is -0.380. The fraction of sp³-hybridized carbons (Fsp3) is 0.538. The van der Waals surface area contributed by atoms with Crippen LogP contribution in [0.5, 0.6) is 0 Å². The number of esters is 1. The van der Waals surface area contributed by atoms with E-state index < -0.39 is 0 Å². The van der Waals surface area contributed by atoms with E-state index in [0.717, 1.165) is 17.7 Å². The van der Waals surface area contributed by atoms with Gasteiger partial charge in [0.1, 0.15) is 6.54 Å². The van der Waals surface area contributed by atoms with Crippen LogP contribution < -0.4 is 0 Å². The molecule has 0 radical (unpaired) electrons. The van der Waals surface area contributed by atoms with Crippen molar-refractivity contribution in [3.05, 3.63) is 21.4 Å². The molecule has 0 bridgehead atoms. The molecule has 0 saturated heterocycles. The Morgan fingerprint density at radius 1 is 1.44 bits per heavy atom. The maximum Gasteiger partial charge on any atom is 0.325 e. The van der Waals surface area contributed by atoms with E-state index >= 15 is 0 Å². The van der Waals surface area contributed by atoms with Crippen molar-refractivity contribution in [3.8, 4) is 0 Å². The Balaban J connectivity index is 2.10. The van der Waals surface area contributed by atoms with Crippen molar-refractivity contribution in [2.75, 3.05) is 20.2 Å². The number of aryl methyl sites for hydroxylation is 2. The number of methoxy groups -OCH3 is 1. The van der Waals surface area contributed by atoms with Crippen LogP contribution in [0.3, 0.4) is 0 Å². The third-order valence-electron chi connectivity index (χ3n) is 3.17. The fourth-order valence-corrected chi connectivity index (χ4v) is 3.36. The first-order chi connectivity index (χ1) is 8.65. The van der Waals surface area contributed by atoms with Gasteiger partial charge >= 0.3 is 5.97 Å². The summed E-state index contributed by atoms with van der Waals surface area (Å²) in [7, 11) is 1.33. The lowest BCUT2D eigenvalue weighted by atomic mass is 10.2. The van der Waals surface area contributed by atoms with Gasteiger partial charge in [-0.3, -0.25) is 9.59 Å². The molecule has 0 aliphatic heterocycles. The predicted octanol–water partition coefficient (Wildman–Crippen LogP) is 1.87. The smallest absolute Gasteiger partial charge is 0.325 e. The molecule has 0 unspecified atom stereocenters. The second-order valence-corrected chi connectivity index (χ2v) is 5.44. The van der Waals surface area contributed by atoms with Gasteiger partial charge in [-0.25, -0.2) is 0 Å². The molecule has 1 aliphatic carbocycles. The summed E-state index contributed by atoms with van der Waals surface area (Å²) in [5.41, 5.74) is 1.30. The number of hydrogen-bond acceptors (Lipinski definition) is 4. The highest BCUT2D eigenvalue weighted by atomic mass is 32.1. The van der Waals surface area contributed by atoms with E-state index in [4.69, 9.17) is 0 Å². The molecule has 0 spiro atoms. The number of rotatable bonds is 4. The van der Waals surface area contributed by atoms with Crippen LogP contribution in [-0.2, 0) is 22.4 Å². The predicted molar refractivity (Wildman–Crippen MR) is 69.9 cm³/mol. The Morgan fingerprint density at radius 2 is 2.22 bits per heavy atom. The summed E-state index contributed by atoms with van der Waals surface area (Å²) < 4.78 is 4.60. The normalized spacial score (nSPS) is 13.2. The van der Waals surface area contributed by atoms with Gasteiger partial charge in [0.15, 0.2) is 0 Å². The zero-order valence-corrected chi connectivity index (χ0v) is 11.5. The summed E-state index contributed by atoms with van der Waals surface area (Å²) in [6.45, 7) is 2.40. The highest BCUT2D eigenvalue weighted by molar-refractivity contribution is 7.14. The maximum atomic E-state index is 12.3. The number of carbonyl (C=O) groups excluding carboxylic acids is 2. The Morgan fingerprint density at radius 3 is 2.83 bits per heavy atom. The lowest BCUT2D eigenvalue weighted by Crippen LogP contribution is -2.35. The molecule has 1 heterocycles. The number of fused-ring (bicyclic) bond motifs is 1. The lowest BCUT2D eigenvalue weighted by molar-refractivity contribution is -0.141. The van der Waals surface area contributed by atoms with Crippen LogP contribution in [-0.4, -0.2) is 37.0 Å². The van der Waals surface area contributed by atoms with Gasteiger partial charge in [-0.15, -0.1) is 11.3 Å². The summed E-state index contributed by atoms with van der Waals surface area (Å²) in [6.07, 6.45) is 3.34. The van der Waals surface area contributed by atoms with Crippen LogP contribution in [0.2, 0.25) is 0 Å². The van der Waals surface area contributed by atoms with E-state index in [9.17, 15) is 9.59 Å². The first-order valence-electron chi connectivity index (χ1n) is 6.13. The fourth-order valence-electron chi connectivity index (χ4n) is 2.14. The summed E-state index contributed by atoms with van der Waals surface area (Å²) in [5, 5.41) is 0. The van der Waals surface area contributed by atoms with E-state index in [1.54, 1.807) is 11.3 Å². The van der Waals surface area contributed by atoms with Crippen LogP contribution in [0.1, 0.15) is 33.5 Å². The Labute approximate surface area is 111 Å². The molecule has 1 amide bonds. The van der Waals surface area contributed by atoms with Crippen molar-refractivity contribution in [2.24, 2.45) is 0 Å². The van der Waals surface area contributed by atoms with Crippen LogP contribution in [0.15, 0.2) is 6.07 Å². The van der Waals surface area contributed by atoms with Crippen molar-refractivity contribution in [1.29, 1.82) is 0 Å². The molecule has 1 aromatic heterocycles. The molecule has 0 saturated carbocycles. The first kappa shape index (κ1) is 13.1. The second kappa shape index (κ2) is 5.52. The van der Waals surface area contributed by atoms with Gasteiger partial charge in [0.2, 0.25) is 0 Å².